The van der Waals surface area contributed by atoms with Crippen LogP contribution in [-0.4, -0.2) is 14.6 Å². The van der Waals surface area contributed by atoms with Crippen LogP contribution in [0.1, 0.15) is 23.9 Å². The number of aromatic amines is 1. The van der Waals surface area contributed by atoms with Gasteiger partial charge in [0, 0.05) is 17.0 Å². The van der Waals surface area contributed by atoms with Gasteiger partial charge in [-0.25, -0.2) is 14.3 Å². The molecule has 0 radical (unpaired) electrons. The lowest BCUT2D eigenvalue weighted by atomic mass is 10.2. The highest BCUT2D eigenvalue weighted by Crippen LogP contribution is 2.22. The third-order valence-electron chi connectivity index (χ3n) is 2.70. The molecule has 0 saturated carbocycles. The number of nitrogens with one attached hydrogen (secondary N) is 1. The molecule has 0 bridgehead atoms. The summed E-state index contributed by atoms with van der Waals surface area (Å²) in [6.07, 6.45) is 0.645. The maximum atomic E-state index is 12.1. The van der Waals surface area contributed by atoms with E-state index in [0.717, 1.165) is 0 Å². The van der Waals surface area contributed by atoms with Crippen LogP contribution in [0.5, 0.6) is 0 Å². The summed E-state index contributed by atoms with van der Waals surface area (Å²) >= 11 is 0. The largest absolute Gasteiger partial charge is 0.306 e. The van der Waals surface area contributed by atoms with Gasteiger partial charge in [0.15, 0.2) is 5.65 Å². The molecule has 2 aromatic heterocycles. The van der Waals surface area contributed by atoms with Crippen molar-refractivity contribution >= 4 is 11.3 Å². The van der Waals surface area contributed by atoms with E-state index in [4.69, 9.17) is 6.57 Å². The molecule has 0 aliphatic rings. The van der Waals surface area contributed by atoms with Gasteiger partial charge in [-0.15, -0.1) is 0 Å². The van der Waals surface area contributed by atoms with Crippen molar-refractivity contribution < 1.29 is 0 Å². The second kappa shape index (κ2) is 3.49. The lowest BCUT2D eigenvalue weighted by molar-refractivity contribution is 0.841. The Hall–Kier alpha value is -2.09. The van der Waals surface area contributed by atoms with Gasteiger partial charge in [-0.05, 0) is 20.3 Å². The molecule has 2 rings (SSSR count). The second-order valence-corrected chi connectivity index (χ2v) is 3.69. The summed E-state index contributed by atoms with van der Waals surface area (Å²) < 4.78 is 1.36. The summed E-state index contributed by atoms with van der Waals surface area (Å²) in [5.41, 5.74) is 2.80. The van der Waals surface area contributed by atoms with Gasteiger partial charge >= 0.3 is 0 Å². The van der Waals surface area contributed by atoms with Gasteiger partial charge in [0.25, 0.3) is 11.2 Å². The molecule has 0 aromatic carbocycles. The molecular weight excluding hydrogens is 204 g/mol. The Morgan fingerprint density at radius 3 is 2.75 bits per heavy atom. The highest BCUT2D eigenvalue weighted by Gasteiger charge is 2.14. The van der Waals surface area contributed by atoms with Crippen LogP contribution >= 0.6 is 0 Å². The van der Waals surface area contributed by atoms with Crippen molar-refractivity contribution in [2.24, 2.45) is 0 Å². The van der Waals surface area contributed by atoms with Crippen molar-refractivity contribution in [2.45, 2.75) is 27.2 Å². The van der Waals surface area contributed by atoms with E-state index >= 15 is 0 Å². The molecule has 1 N–H and O–H groups in total. The van der Waals surface area contributed by atoms with Crippen molar-refractivity contribution in [3.8, 4) is 0 Å². The van der Waals surface area contributed by atoms with Crippen LogP contribution in [0.4, 0.5) is 5.69 Å². The predicted molar refractivity (Wildman–Crippen MR) is 60.9 cm³/mol. The van der Waals surface area contributed by atoms with Crippen molar-refractivity contribution in [3.63, 3.8) is 0 Å². The summed E-state index contributed by atoms with van der Waals surface area (Å²) in [6, 6.07) is 0. The van der Waals surface area contributed by atoms with E-state index in [9.17, 15) is 4.79 Å². The molecule has 0 amide bonds. The number of nitrogens with zero attached hydrogens (tertiary/aromatic N) is 3. The van der Waals surface area contributed by atoms with Gasteiger partial charge in [0.2, 0.25) is 0 Å². The zero-order chi connectivity index (χ0) is 11.9. The second-order valence-electron chi connectivity index (χ2n) is 3.69. The lowest BCUT2D eigenvalue weighted by Crippen LogP contribution is -2.21. The number of hydrogen-bond donors (Lipinski definition) is 1. The molecule has 0 unspecified atom stereocenters. The standard InChI is InChI=1S/C11H12N4O/c1-5-8-6(2)13-10-9(12-4)7(3)14-15(10)11(8)16/h14H,5H2,1-3H3. The summed E-state index contributed by atoms with van der Waals surface area (Å²) in [7, 11) is 0. The van der Waals surface area contributed by atoms with Crippen molar-refractivity contribution in [1.29, 1.82) is 0 Å². The molecule has 0 aliphatic heterocycles. The number of aryl methyl sites for hydroxylation is 2. The van der Waals surface area contributed by atoms with Crippen molar-refractivity contribution in [3.05, 3.63) is 38.7 Å². The summed E-state index contributed by atoms with van der Waals surface area (Å²) in [6.45, 7) is 12.6. The molecule has 0 atom stereocenters. The van der Waals surface area contributed by atoms with Crippen LogP contribution in [0.25, 0.3) is 10.5 Å². The minimum atomic E-state index is -0.108. The number of aromatic nitrogens is 3. The molecule has 5 nitrogen and oxygen atoms in total. The van der Waals surface area contributed by atoms with E-state index < -0.39 is 0 Å². The first-order chi connectivity index (χ1) is 7.60. The molecule has 0 spiro atoms. The minimum Gasteiger partial charge on any atom is -0.306 e. The molecule has 2 aromatic rings. The molecule has 0 aliphatic carbocycles. The van der Waals surface area contributed by atoms with Gasteiger partial charge in [0.05, 0.1) is 6.57 Å². The Morgan fingerprint density at radius 2 is 2.19 bits per heavy atom. The average molecular weight is 216 g/mol. The highest BCUT2D eigenvalue weighted by molar-refractivity contribution is 5.71. The van der Waals surface area contributed by atoms with Gasteiger partial charge in [-0.3, -0.25) is 4.79 Å². The van der Waals surface area contributed by atoms with Crippen LogP contribution < -0.4 is 5.56 Å². The van der Waals surface area contributed by atoms with Crippen LogP contribution in [0.3, 0.4) is 0 Å². The van der Waals surface area contributed by atoms with Gasteiger partial charge < -0.3 is 5.10 Å². The molecule has 0 saturated heterocycles. The number of rotatable bonds is 1. The summed E-state index contributed by atoms with van der Waals surface area (Å²) in [4.78, 5) is 19.8. The zero-order valence-electron chi connectivity index (χ0n) is 9.46. The van der Waals surface area contributed by atoms with Crippen LogP contribution in [0, 0.1) is 20.4 Å². The fourth-order valence-corrected chi connectivity index (χ4v) is 1.85. The van der Waals surface area contributed by atoms with E-state index in [-0.39, 0.29) is 5.56 Å². The fourth-order valence-electron chi connectivity index (χ4n) is 1.85. The molecule has 2 heterocycles. The topological polar surface area (TPSA) is 54.5 Å². The van der Waals surface area contributed by atoms with Gasteiger partial charge in [-0.1, -0.05) is 6.92 Å². The summed E-state index contributed by atoms with van der Waals surface area (Å²) in [5, 5.41) is 2.88. The van der Waals surface area contributed by atoms with E-state index in [2.05, 4.69) is 14.9 Å². The quantitative estimate of drug-likeness (QED) is 0.738. The van der Waals surface area contributed by atoms with E-state index in [1.54, 1.807) is 13.8 Å². The first-order valence-corrected chi connectivity index (χ1v) is 5.08. The van der Waals surface area contributed by atoms with Crippen molar-refractivity contribution in [1.82, 2.24) is 14.6 Å². The molecule has 16 heavy (non-hydrogen) atoms. The fraction of sp³-hybridized carbons (Fsp3) is 0.364. The maximum Gasteiger partial charge on any atom is 0.274 e. The predicted octanol–water partition coefficient (Wildman–Crippen LogP) is 1.75. The van der Waals surface area contributed by atoms with Crippen LogP contribution in [0.2, 0.25) is 0 Å². The molecule has 82 valence electrons. The Morgan fingerprint density at radius 1 is 1.50 bits per heavy atom. The van der Waals surface area contributed by atoms with Gasteiger partial charge in [0.1, 0.15) is 0 Å². The Bertz CT molecular complexity index is 657. The SMILES string of the molecule is [C-]#[N+]c1c(C)[nH]n2c(=O)c(CC)c(C)nc12. The van der Waals surface area contributed by atoms with E-state index in [0.29, 0.717) is 34.7 Å². The molecular formula is C11H12N4O. The Labute approximate surface area is 92.5 Å². The van der Waals surface area contributed by atoms with E-state index in [1.807, 2.05) is 6.92 Å². The van der Waals surface area contributed by atoms with Crippen molar-refractivity contribution in [2.75, 3.05) is 0 Å². The lowest BCUT2D eigenvalue weighted by Gasteiger charge is -2.02. The highest BCUT2D eigenvalue weighted by atomic mass is 16.1. The number of hydrogen-bond acceptors (Lipinski definition) is 2. The molecule has 5 heteroatoms. The van der Waals surface area contributed by atoms with Crippen LogP contribution in [0.15, 0.2) is 4.79 Å². The Kier molecular flexibility index (Phi) is 2.27. The first-order valence-electron chi connectivity index (χ1n) is 5.08. The maximum absolute atomic E-state index is 12.1. The van der Waals surface area contributed by atoms with Crippen LogP contribution in [-0.2, 0) is 6.42 Å². The smallest absolute Gasteiger partial charge is 0.274 e. The monoisotopic (exact) mass is 216 g/mol. The number of fused-ring (bicyclic) bond motifs is 1. The van der Waals surface area contributed by atoms with E-state index in [1.165, 1.54) is 4.52 Å². The molecule has 0 fully saturated rings. The zero-order valence-corrected chi connectivity index (χ0v) is 9.46. The van der Waals surface area contributed by atoms with Gasteiger partial charge in [-0.2, -0.15) is 0 Å². The third kappa shape index (κ3) is 1.23. The minimum absolute atomic E-state index is 0.108. The summed E-state index contributed by atoms with van der Waals surface area (Å²) in [5.74, 6) is 0. The number of H-pyrrole nitrogens is 1. The third-order valence-corrected chi connectivity index (χ3v) is 2.70. The average Bonchev–Trinajstić information content (AvgIpc) is 2.55. The Balaban J connectivity index is 3.00. The first kappa shape index (κ1) is 10.4. The normalized spacial score (nSPS) is 10.6.